The lowest BCUT2D eigenvalue weighted by Gasteiger charge is -2.19. The van der Waals surface area contributed by atoms with Gasteiger partial charge in [-0.15, -0.1) is 0 Å². The Bertz CT molecular complexity index is 211. The Kier molecular flexibility index (Phi) is 5.51. The van der Waals surface area contributed by atoms with Crippen LogP contribution >= 0.6 is 0 Å². The van der Waals surface area contributed by atoms with Gasteiger partial charge in [-0.1, -0.05) is 13.3 Å². The minimum Gasteiger partial charge on any atom is -0.386 e. The van der Waals surface area contributed by atoms with Crippen molar-refractivity contribution in [1.82, 2.24) is 5.32 Å². The van der Waals surface area contributed by atoms with Crippen LogP contribution in [0.2, 0.25) is 0 Å². The lowest BCUT2D eigenvalue weighted by Crippen LogP contribution is -2.31. The first-order valence-electron chi connectivity index (χ1n) is 5.34. The summed E-state index contributed by atoms with van der Waals surface area (Å²) in [5, 5.41) is 3.20. The van der Waals surface area contributed by atoms with E-state index in [0.717, 1.165) is 18.4 Å². The van der Waals surface area contributed by atoms with Crippen molar-refractivity contribution in [1.29, 1.82) is 0 Å². The first-order chi connectivity index (χ1) is 6.37. The highest BCUT2D eigenvalue weighted by Gasteiger charge is 2.08. The molecule has 0 fully saturated rings. The van der Waals surface area contributed by atoms with Gasteiger partial charge in [-0.05, 0) is 34.1 Å². The second kappa shape index (κ2) is 5.84. The van der Waals surface area contributed by atoms with E-state index in [-0.39, 0.29) is 11.3 Å². The molecular formula is C12H23NO. The summed E-state index contributed by atoms with van der Waals surface area (Å²) in [5.74, 6) is 0.253. The smallest absolute Gasteiger partial charge is 0.160 e. The lowest BCUT2D eigenvalue weighted by atomic mass is 10.1. The largest absolute Gasteiger partial charge is 0.386 e. The maximum Gasteiger partial charge on any atom is 0.160 e. The molecule has 0 amide bonds. The van der Waals surface area contributed by atoms with Crippen LogP contribution in [0.25, 0.3) is 0 Å². The van der Waals surface area contributed by atoms with Gasteiger partial charge in [0.25, 0.3) is 0 Å². The van der Waals surface area contributed by atoms with Gasteiger partial charge >= 0.3 is 0 Å². The van der Waals surface area contributed by atoms with Gasteiger partial charge in [0.2, 0.25) is 0 Å². The molecule has 0 heterocycles. The quantitative estimate of drug-likeness (QED) is 0.686. The summed E-state index contributed by atoms with van der Waals surface area (Å²) in [6, 6.07) is 0. The van der Waals surface area contributed by atoms with Crippen molar-refractivity contribution >= 4 is 5.78 Å². The zero-order valence-corrected chi connectivity index (χ0v) is 10.1. The first-order valence-corrected chi connectivity index (χ1v) is 5.34. The Morgan fingerprint density at radius 1 is 1.36 bits per heavy atom. The van der Waals surface area contributed by atoms with Crippen molar-refractivity contribution in [2.75, 3.05) is 0 Å². The number of nitrogens with one attached hydrogen (secondary N) is 1. The van der Waals surface area contributed by atoms with Crippen LogP contribution in [0.4, 0.5) is 0 Å². The van der Waals surface area contributed by atoms with Crippen LogP contribution in [-0.2, 0) is 4.79 Å². The van der Waals surface area contributed by atoms with Crippen LogP contribution in [0.5, 0.6) is 0 Å². The molecule has 0 atom stereocenters. The van der Waals surface area contributed by atoms with E-state index in [1.807, 2.05) is 13.1 Å². The summed E-state index contributed by atoms with van der Waals surface area (Å²) in [5.41, 5.74) is 0.861. The van der Waals surface area contributed by atoms with Crippen LogP contribution < -0.4 is 5.32 Å². The minimum absolute atomic E-state index is 0.0340. The molecule has 0 aromatic carbocycles. The van der Waals surface area contributed by atoms with Gasteiger partial charge < -0.3 is 5.32 Å². The molecule has 0 bridgehead atoms. The highest BCUT2D eigenvalue weighted by Crippen LogP contribution is 2.05. The minimum atomic E-state index is 0.0340. The Labute approximate surface area is 87.8 Å². The average Bonchev–Trinajstić information content (AvgIpc) is 2.09. The number of Topliss-reactive ketones (excluding diaryl/α,β-unsaturated/α-hetero) is 1. The third-order valence-electron chi connectivity index (χ3n) is 1.92. The Morgan fingerprint density at radius 2 is 1.93 bits per heavy atom. The maximum atomic E-state index is 11.5. The van der Waals surface area contributed by atoms with Crippen molar-refractivity contribution in [2.24, 2.45) is 0 Å². The van der Waals surface area contributed by atoms with E-state index in [4.69, 9.17) is 0 Å². The molecule has 2 nitrogen and oxygen atoms in total. The molecule has 0 unspecified atom stereocenters. The third-order valence-corrected chi connectivity index (χ3v) is 1.92. The van der Waals surface area contributed by atoms with E-state index >= 15 is 0 Å². The fourth-order valence-electron chi connectivity index (χ4n) is 0.940. The van der Waals surface area contributed by atoms with E-state index in [2.05, 4.69) is 33.0 Å². The number of unbranched alkanes of at least 4 members (excludes halogenated alkanes) is 1. The van der Waals surface area contributed by atoms with Crippen molar-refractivity contribution < 1.29 is 4.79 Å². The molecule has 14 heavy (non-hydrogen) atoms. The Balaban J connectivity index is 4.04. The fourth-order valence-corrected chi connectivity index (χ4v) is 0.940. The first kappa shape index (κ1) is 13.2. The number of rotatable bonds is 5. The number of allylic oxidation sites excluding steroid dienone is 1. The van der Waals surface area contributed by atoms with E-state index in [1.165, 1.54) is 0 Å². The summed E-state index contributed by atoms with van der Waals surface area (Å²) >= 11 is 0. The van der Waals surface area contributed by atoms with Crippen molar-refractivity contribution in [3.63, 3.8) is 0 Å². The lowest BCUT2D eigenvalue weighted by molar-refractivity contribution is -0.115. The number of ketones is 1. The number of carbonyl (C=O) groups excluding carboxylic acids is 1. The van der Waals surface area contributed by atoms with Crippen LogP contribution in [-0.4, -0.2) is 11.3 Å². The van der Waals surface area contributed by atoms with Gasteiger partial charge in [0.15, 0.2) is 5.78 Å². The SMILES string of the molecule is CCCCC(=O)C(C)=CNC(C)(C)C. The molecule has 0 spiro atoms. The summed E-state index contributed by atoms with van der Waals surface area (Å²) in [6.45, 7) is 10.2. The van der Waals surface area contributed by atoms with Crippen LogP contribution in [0.3, 0.4) is 0 Å². The standard InChI is InChI=1S/C12H23NO/c1-6-7-8-11(14)10(2)9-13-12(3,4)5/h9,13H,6-8H2,1-5H3. The topological polar surface area (TPSA) is 29.1 Å². The molecule has 0 aromatic rings. The summed E-state index contributed by atoms with van der Waals surface area (Å²) < 4.78 is 0. The molecule has 0 aromatic heterocycles. The van der Waals surface area contributed by atoms with E-state index in [9.17, 15) is 4.79 Å². The molecule has 0 saturated carbocycles. The molecule has 2 heteroatoms. The maximum absolute atomic E-state index is 11.5. The highest BCUT2D eigenvalue weighted by molar-refractivity contribution is 5.94. The van der Waals surface area contributed by atoms with Crippen molar-refractivity contribution in [3.8, 4) is 0 Å². The van der Waals surface area contributed by atoms with E-state index in [0.29, 0.717) is 6.42 Å². The zero-order valence-electron chi connectivity index (χ0n) is 10.1. The second-order valence-corrected chi connectivity index (χ2v) is 4.75. The Morgan fingerprint density at radius 3 is 2.36 bits per heavy atom. The molecule has 0 aliphatic rings. The van der Waals surface area contributed by atoms with E-state index < -0.39 is 0 Å². The van der Waals surface area contributed by atoms with Gasteiger partial charge in [0.1, 0.15) is 0 Å². The zero-order chi connectivity index (χ0) is 11.2. The van der Waals surface area contributed by atoms with Gasteiger partial charge in [-0.25, -0.2) is 0 Å². The van der Waals surface area contributed by atoms with Crippen molar-refractivity contribution in [2.45, 2.75) is 59.4 Å². The molecule has 0 rings (SSSR count). The molecule has 0 radical (unpaired) electrons. The fraction of sp³-hybridized carbons (Fsp3) is 0.750. The van der Waals surface area contributed by atoms with Gasteiger partial charge in [0, 0.05) is 23.7 Å². The molecule has 1 N–H and O–H groups in total. The highest BCUT2D eigenvalue weighted by atomic mass is 16.1. The average molecular weight is 197 g/mol. The number of hydrogen-bond acceptors (Lipinski definition) is 2. The van der Waals surface area contributed by atoms with Gasteiger partial charge in [-0.3, -0.25) is 4.79 Å². The second-order valence-electron chi connectivity index (χ2n) is 4.75. The predicted octanol–water partition coefficient (Wildman–Crippen LogP) is 3.04. The van der Waals surface area contributed by atoms with Crippen LogP contribution in [0.1, 0.15) is 53.9 Å². The van der Waals surface area contributed by atoms with Crippen molar-refractivity contribution in [3.05, 3.63) is 11.8 Å². The van der Waals surface area contributed by atoms with Crippen LogP contribution in [0.15, 0.2) is 11.8 Å². The number of carbonyl (C=O) groups is 1. The number of hydrogen-bond donors (Lipinski definition) is 1. The summed E-state index contributed by atoms with van der Waals surface area (Å²) in [4.78, 5) is 11.5. The van der Waals surface area contributed by atoms with Crippen LogP contribution in [0, 0.1) is 0 Å². The molecule has 0 saturated heterocycles. The molecule has 0 aliphatic carbocycles. The normalized spacial score (nSPS) is 12.8. The van der Waals surface area contributed by atoms with Gasteiger partial charge in [0.05, 0.1) is 0 Å². The monoisotopic (exact) mass is 197 g/mol. The predicted molar refractivity (Wildman–Crippen MR) is 61.2 cm³/mol. The van der Waals surface area contributed by atoms with E-state index in [1.54, 1.807) is 0 Å². The summed E-state index contributed by atoms with van der Waals surface area (Å²) in [6.07, 6.45) is 4.56. The van der Waals surface area contributed by atoms with Gasteiger partial charge in [-0.2, -0.15) is 0 Å². The Hall–Kier alpha value is -0.790. The molecular weight excluding hydrogens is 174 g/mol. The molecule has 0 aliphatic heterocycles. The summed E-state index contributed by atoms with van der Waals surface area (Å²) in [7, 11) is 0. The molecule has 82 valence electrons. The third kappa shape index (κ3) is 6.70.